The fourth-order valence-corrected chi connectivity index (χ4v) is 2.79. The molecule has 21 heavy (non-hydrogen) atoms. The molecular weight excluding hydrogens is 294 g/mol. The number of likely N-dealkylation sites (N-methyl/N-ethyl adjacent to an activating group) is 1. The maximum Gasteiger partial charge on any atom is 0.356 e. The molecule has 0 aliphatic carbocycles. The predicted octanol–water partition coefficient (Wildman–Crippen LogP) is -0.0381. The number of methoxy groups -OCH3 is 1. The van der Waals surface area contributed by atoms with Gasteiger partial charge in [0.1, 0.15) is 11.9 Å². The molecule has 0 radical (unpaired) electrons. The van der Waals surface area contributed by atoms with E-state index < -0.39 is 27.3 Å². The molecule has 114 valence electrons. The van der Waals surface area contributed by atoms with Crippen molar-refractivity contribution < 1.29 is 17.9 Å². The summed E-state index contributed by atoms with van der Waals surface area (Å²) in [5.41, 5.74) is -1.86. The van der Waals surface area contributed by atoms with Crippen molar-refractivity contribution in [2.45, 2.75) is 10.6 Å². The topological polar surface area (TPSA) is 99.5 Å². The summed E-state index contributed by atoms with van der Waals surface area (Å²) in [6, 6.07) is 9.53. The number of nitrogens with one attached hydrogen (secondary N) is 1. The number of hydrogen-bond donors (Lipinski definition) is 1. The summed E-state index contributed by atoms with van der Waals surface area (Å²) in [6.07, 6.45) is 0. The van der Waals surface area contributed by atoms with E-state index in [-0.39, 0.29) is 4.90 Å². The lowest BCUT2D eigenvalue weighted by atomic mass is 10.2. The van der Waals surface area contributed by atoms with Crippen LogP contribution in [0.15, 0.2) is 35.2 Å². The summed E-state index contributed by atoms with van der Waals surface area (Å²) in [7, 11) is 0.404. The van der Waals surface area contributed by atoms with Crippen LogP contribution >= 0.6 is 0 Å². The molecule has 0 saturated heterocycles. The third-order valence-electron chi connectivity index (χ3n) is 2.93. The molecule has 0 saturated carbocycles. The lowest BCUT2D eigenvalue weighted by Gasteiger charge is -2.31. The van der Waals surface area contributed by atoms with Gasteiger partial charge >= 0.3 is 5.97 Å². The molecule has 0 aromatic heterocycles. The van der Waals surface area contributed by atoms with E-state index in [1.165, 1.54) is 31.1 Å². The van der Waals surface area contributed by atoms with Gasteiger partial charge in [-0.2, -0.15) is 5.26 Å². The molecule has 0 fully saturated rings. The van der Waals surface area contributed by atoms with Crippen molar-refractivity contribution in [1.82, 2.24) is 10.2 Å². The molecule has 7 nitrogen and oxygen atoms in total. The molecule has 0 aliphatic heterocycles. The van der Waals surface area contributed by atoms with Crippen LogP contribution < -0.4 is 5.32 Å². The quantitative estimate of drug-likeness (QED) is 0.581. The Morgan fingerprint density at radius 2 is 1.95 bits per heavy atom. The Kier molecular flexibility index (Phi) is 5.43. The first-order valence-electron chi connectivity index (χ1n) is 6.00. The summed E-state index contributed by atoms with van der Waals surface area (Å²) in [5.74, 6) is -1.45. The normalized spacial score (nSPS) is 14.2. The van der Waals surface area contributed by atoms with E-state index in [0.717, 1.165) is 7.11 Å². The SMILES string of the molecule is COC(=O)[C@@](C#N)(NCS(=O)(=O)c1ccccc1)N(C)C. The van der Waals surface area contributed by atoms with E-state index in [1.807, 2.05) is 0 Å². The van der Waals surface area contributed by atoms with Crippen LogP contribution in [-0.2, 0) is 19.4 Å². The Hall–Kier alpha value is -1.95. The zero-order valence-electron chi connectivity index (χ0n) is 12.0. The van der Waals surface area contributed by atoms with Crippen LogP contribution in [0.4, 0.5) is 0 Å². The highest BCUT2D eigenvalue weighted by Gasteiger charge is 2.43. The first-order valence-corrected chi connectivity index (χ1v) is 7.65. The first-order chi connectivity index (χ1) is 9.80. The number of hydrogen-bond acceptors (Lipinski definition) is 7. The van der Waals surface area contributed by atoms with Gasteiger partial charge in [0.25, 0.3) is 5.66 Å². The van der Waals surface area contributed by atoms with Gasteiger partial charge in [-0.1, -0.05) is 18.2 Å². The number of sulfone groups is 1. The number of carbonyl (C=O) groups is 1. The molecule has 8 heteroatoms. The highest BCUT2D eigenvalue weighted by atomic mass is 32.2. The zero-order chi connectivity index (χ0) is 16.1. The van der Waals surface area contributed by atoms with E-state index in [4.69, 9.17) is 0 Å². The number of nitrogens with zero attached hydrogens (tertiary/aromatic N) is 2. The van der Waals surface area contributed by atoms with Gasteiger partial charge < -0.3 is 4.74 Å². The molecule has 0 unspecified atom stereocenters. The van der Waals surface area contributed by atoms with Crippen LogP contribution in [0, 0.1) is 11.3 Å². The molecule has 1 atom stereocenters. The maximum atomic E-state index is 12.2. The van der Waals surface area contributed by atoms with Gasteiger partial charge in [0.2, 0.25) is 0 Å². The highest BCUT2D eigenvalue weighted by Crippen LogP contribution is 2.13. The van der Waals surface area contributed by atoms with Crippen molar-refractivity contribution in [2.24, 2.45) is 0 Å². The number of rotatable bonds is 6. The van der Waals surface area contributed by atoms with Crippen LogP contribution in [0.5, 0.6) is 0 Å². The van der Waals surface area contributed by atoms with Gasteiger partial charge in [0.05, 0.1) is 12.0 Å². The molecule has 1 N–H and O–H groups in total. The van der Waals surface area contributed by atoms with Crippen LogP contribution in [-0.4, -0.2) is 52.0 Å². The number of carbonyl (C=O) groups excluding carboxylic acids is 1. The third-order valence-corrected chi connectivity index (χ3v) is 4.45. The standard InChI is InChI=1S/C13H17N3O4S/c1-16(2)13(9-14,12(17)20-3)15-10-21(18,19)11-7-5-4-6-8-11/h4-8,15H,10H2,1-3H3/t13-/m0/s1. The Labute approximate surface area is 124 Å². The van der Waals surface area contributed by atoms with Gasteiger partial charge in [-0.05, 0) is 26.2 Å². The molecule has 0 aliphatic rings. The van der Waals surface area contributed by atoms with Crippen molar-refractivity contribution in [3.8, 4) is 6.07 Å². The van der Waals surface area contributed by atoms with E-state index in [1.54, 1.807) is 24.3 Å². The zero-order valence-corrected chi connectivity index (χ0v) is 12.8. The fraction of sp³-hybridized carbons (Fsp3) is 0.385. The van der Waals surface area contributed by atoms with Crippen molar-refractivity contribution in [2.75, 3.05) is 27.1 Å². The van der Waals surface area contributed by atoms with E-state index in [2.05, 4.69) is 10.1 Å². The minimum absolute atomic E-state index is 0.105. The largest absolute Gasteiger partial charge is 0.466 e. The molecule has 0 heterocycles. The maximum absolute atomic E-state index is 12.2. The Morgan fingerprint density at radius 1 is 1.38 bits per heavy atom. The summed E-state index contributed by atoms with van der Waals surface area (Å²) >= 11 is 0. The summed E-state index contributed by atoms with van der Waals surface area (Å²) in [6.45, 7) is 0. The first kappa shape index (κ1) is 17.1. The van der Waals surface area contributed by atoms with Gasteiger partial charge in [-0.3, -0.25) is 10.2 Å². The molecule has 0 amide bonds. The van der Waals surface area contributed by atoms with Crippen molar-refractivity contribution in [3.05, 3.63) is 30.3 Å². The molecule has 0 spiro atoms. The Morgan fingerprint density at radius 3 is 2.38 bits per heavy atom. The lowest BCUT2D eigenvalue weighted by molar-refractivity contribution is -0.151. The van der Waals surface area contributed by atoms with Crippen LogP contribution in [0.25, 0.3) is 0 Å². The predicted molar refractivity (Wildman–Crippen MR) is 75.7 cm³/mol. The third kappa shape index (κ3) is 3.58. The monoisotopic (exact) mass is 311 g/mol. The minimum Gasteiger partial charge on any atom is -0.466 e. The average molecular weight is 311 g/mol. The van der Waals surface area contributed by atoms with E-state index in [9.17, 15) is 18.5 Å². The Bertz CT molecular complexity index is 637. The summed E-state index contributed by atoms with van der Waals surface area (Å²) in [5, 5.41) is 11.7. The van der Waals surface area contributed by atoms with Crippen LogP contribution in [0.2, 0.25) is 0 Å². The Balaban J connectivity index is 3.03. The van der Waals surface area contributed by atoms with Crippen molar-refractivity contribution in [1.29, 1.82) is 5.26 Å². The second-order valence-electron chi connectivity index (χ2n) is 4.46. The van der Waals surface area contributed by atoms with Gasteiger partial charge in [-0.25, -0.2) is 13.2 Å². The van der Waals surface area contributed by atoms with Crippen molar-refractivity contribution >= 4 is 15.8 Å². The lowest BCUT2D eigenvalue weighted by Crippen LogP contribution is -2.62. The number of nitriles is 1. The summed E-state index contributed by atoms with van der Waals surface area (Å²) < 4.78 is 28.9. The minimum atomic E-state index is -3.68. The number of benzene rings is 1. The molecule has 1 aromatic carbocycles. The van der Waals surface area contributed by atoms with Gasteiger partial charge in [-0.15, -0.1) is 0 Å². The second kappa shape index (κ2) is 6.67. The number of ether oxygens (including phenoxy) is 1. The van der Waals surface area contributed by atoms with Crippen LogP contribution in [0.3, 0.4) is 0 Å². The second-order valence-corrected chi connectivity index (χ2v) is 6.45. The average Bonchev–Trinajstić information content (AvgIpc) is 2.48. The number of esters is 1. The smallest absolute Gasteiger partial charge is 0.356 e. The van der Waals surface area contributed by atoms with Gasteiger partial charge in [0.15, 0.2) is 9.84 Å². The molecule has 1 aromatic rings. The van der Waals surface area contributed by atoms with E-state index in [0.29, 0.717) is 0 Å². The fourth-order valence-electron chi connectivity index (χ4n) is 1.66. The molecular formula is C13H17N3O4S. The molecule has 0 bridgehead atoms. The molecule has 1 rings (SSSR count). The van der Waals surface area contributed by atoms with E-state index >= 15 is 0 Å². The van der Waals surface area contributed by atoms with Crippen molar-refractivity contribution in [3.63, 3.8) is 0 Å². The van der Waals surface area contributed by atoms with Gasteiger partial charge in [0, 0.05) is 0 Å². The highest BCUT2D eigenvalue weighted by molar-refractivity contribution is 7.91. The van der Waals surface area contributed by atoms with Crippen LogP contribution in [0.1, 0.15) is 0 Å². The summed E-state index contributed by atoms with van der Waals surface area (Å²) in [4.78, 5) is 13.2.